The maximum atomic E-state index is 12.2. The summed E-state index contributed by atoms with van der Waals surface area (Å²) in [4.78, 5) is 17.7. The zero-order valence-electron chi connectivity index (χ0n) is 12.4. The van der Waals surface area contributed by atoms with Crippen LogP contribution in [0, 0.1) is 5.92 Å². The van der Waals surface area contributed by atoms with Crippen molar-refractivity contribution in [2.45, 2.75) is 18.2 Å². The minimum absolute atomic E-state index is 0.278. The van der Waals surface area contributed by atoms with Crippen molar-refractivity contribution in [3.63, 3.8) is 0 Å². The first kappa shape index (κ1) is 15.4. The van der Waals surface area contributed by atoms with Crippen molar-refractivity contribution in [1.29, 1.82) is 0 Å². The van der Waals surface area contributed by atoms with E-state index in [0.717, 1.165) is 32.6 Å². The summed E-state index contributed by atoms with van der Waals surface area (Å²) in [6, 6.07) is 10.1. The molecule has 1 amide bonds. The highest BCUT2D eigenvalue weighted by Crippen LogP contribution is 2.21. The third kappa shape index (κ3) is 4.53. The Kier molecular flexibility index (Phi) is 5.92. The second-order valence-electron chi connectivity index (χ2n) is 5.45. The number of hydrogen-bond donors (Lipinski definition) is 0. The van der Waals surface area contributed by atoms with E-state index in [1.807, 2.05) is 23.1 Å². The Labute approximate surface area is 126 Å². The number of rotatable bonds is 6. The second kappa shape index (κ2) is 7.70. The van der Waals surface area contributed by atoms with Gasteiger partial charge in [-0.25, -0.2) is 0 Å². The van der Waals surface area contributed by atoms with Crippen LogP contribution in [0.25, 0.3) is 0 Å². The predicted octanol–water partition coefficient (Wildman–Crippen LogP) is 2.58. The number of hydrogen-bond acceptors (Lipinski definition) is 3. The second-order valence-corrected chi connectivity index (χ2v) is 6.50. The third-order valence-electron chi connectivity index (χ3n) is 3.85. The molecule has 20 heavy (non-hydrogen) atoms. The SMILES string of the molecule is CCN(C)C[C@@H]1CCN(C(=O)CSc2ccccc2)C1. The summed E-state index contributed by atoms with van der Waals surface area (Å²) in [5.41, 5.74) is 0. The Bertz CT molecular complexity index is 424. The molecule has 0 aliphatic carbocycles. The molecule has 0 unspecified atom stereocenters. The summed E-state index contributed by atoms with van der Waals surface area (Å²) in [6.07, 6.45) is 1.14. The van der Waals surface area contributed by atoms with Gasteiger partial charge in [-0.2, -0.15) is 0 Å². The van der Waals surface area contributed by atoms with E-state index in [0.29, 0.717) is 11.7 Å². The molecule has 1 saturated heterocycles. The van der Waals surface area contributed by atoms with Gasteiger partial charge in [-0.05, 0) is 38.1 Å². The van der Waals surface area contributed by atoms with Crippen molar-refractivity contribution in [2.75, 3.05) is 39.0 Å². The molecule has 4 heteroatoms. The van der Waals surface area contributed by atoms with E-state index < -0.39 is 0 Å². The number of carbonyl (C=O) groups excluding carboxylic acids is 1. The number of amides is 1. The number of nitrogens with zero attached hydrogens (tertiary/aromatic N) is 2. The van der Waals surface area contributed by atoms with Gasteiger partial charge in [0.1, 0.15) is 0 Å². The van der Waals surface area contributed by atoms with E-state index in [-0.39, 0.29) is 5.91 Å². The molecule has 0 aromatic heterocycles. The van der Waals surface area contributed by atoms with Gasteiger partial charge in [0.25, 0.3) is 0 Å². The maximum Gasteiger partial charge on any atom is 0.232 e. The normalized spacial score (nSPS) is 18.8. The van der Waals surface area contributed by atoms with Gasteiger partial charge in [0.05, 0.1) is 5.75 Å². The highest BCUT2D eigenvalue weighted by atomic mass is 32.2. The summed E-state index contributed by atoms with van der Waals surface area (Å²) < 4.78 is 0. The number of likely N-dealkylation sites (tertiary alicyclic amines) is 1. The molecule has 0 spiro atoms. The molecule has 3 nitrogen and oxygen atoms in total. The molecule has 0 radical (unpaired) electrons. The van der Waals surface area contributed by atoms with Gasteiger partial charge in [0, 0.05) is 24.5 Å². The zero-order chi connectivity index (χ0) is 14.4. The smallest absolute Gasteiger partial charge is 0.232 e. The lowest BCUT2D eigenvalue weighted by atomic mass is 10.1. The van der Waals surface area contributed by atoms with Gasteiger partial charge < -0.3 is 9.80 Å². The van der Waals surface area contributed by atoms with Crippen molar-refractivity contribution in [1.82, 2.24) is 9.80 Å². The summed E-state index contributed by atoms with van der Waals surface area (Å²) in [7, 11) is 2.15. The minimum atomic E-state index is 0.278. The van der Waals surface area contributed by atoms with E-state index in [2.05, 4.69) is 31.0 Å². The highest BCUT2D eigenvalue weighted by Gasteiger charge is 2.26. The lowest BCUT2D eigenvalue weighted by molar-refractivity contribution is -0.127. The molecule has 1 atom stereocenters. The minimum Gasteiger partial charge on any atom is -0.342 e. The molecule has 1 aliphatic heterocycles. The quantitative estimate of drug-likeness (QED) is 0.753. The van der Waals surface area contributed by atoms with Gasteiger partial charge in [-0.1, -0.05) is 25.1 Å². The van der Waals surface area contributed by atoms with E-state index in [1.165, 1.54) is 4.90 Å². The van der Waals surface area contributed by atoms with Gasteiger partial charge in [-0.3, -0.25) is 4.79 Å². The van der Waals surface area contributed by atoms with Crippen LogP contribution < -0.4 is 0 Å². The van der Waals surface area contributed by atoms with Crippen LogP contribution in [0.3, 0.4) is 0 Å². The van der Waals surface area contributed by atoms with Crippen LogP contribution >= 0.6 is 11.8 Å². The fraction of sp³-hybridized carbons (Fsp3) is 0.562. The fourth-order valence-electron chi connectivity index (χ4n) is 2.53. The first-order valence-electron chi connectivity index (χ1n) is 7.33. The summed E-state index contributed by atoms with van der Waals surface area (Å²) >= 11 is 1.63. The Morgan fingerprint density at radius 3 is 2.85 bits per heavy atom. The van der Waals surface area contributed by atoms with E-state index in [1.54, 1.807) is 11.8 Å². The van der Waals surface area contributed by atoms with Crippen molar-refractivity contribution >= 4 is 17.7 Å². The zero-order valence-corrected chi connectivity index (χ0v) is 13.2. The van der Waals surface area contributed by atoms with Crippen LogP contribution in [-0.4, -0.2) is 54.7 Å². The van der Waals surface area contributed by atoms with Crippen molar-refractivity contribution in [2.24, 2.45) is 5.92 Å². The van der Waals surface area contributed by atoms with Crippen LogP contribution in [0.4, 0.5) is 0 Å². The van der Waals surface area contributed by atoms with Crippen molar-refractivity contribution in [3.8, 4) is 0 Å². The molecule has 110 valence electrons. The van der Waals surface area contributed by atoms with Crippen LogP contribution in [0.15, 0.2) is 35.2 Å². The fourth-order valence-corrected chi connectivity index (χ4v) is 3.35. The Morgan fingerprint density at radius 2 is 2.15 bits per heavy atom. The first-order valence-corrected chi connectivity index (χ1v) is 8.31. The number of thioether (sulfide) groups is 1. The number of benzene rings is 1. The van der Waals surface area contributed by atoms with E-state index in [4.69, 9.17) is 0 Å². The van der Waals surface area contributed by atoms with Gasteiger partial charge in [-0.15, -0.1) is 11.8 Å². The standard InChI is InChI=1S/C16H24N2OS/c1-3-17(2)11-14-9-10-18(12-14)16(19)13-20-15-7-5-4-6-8-15/h4-8,14H,3,9-13H2,1-2H3/t14-/m0/s1. The monoisotopic (exact) mass is 292 g/mol. The molecule has 1 aromatic rings. The average molecular weight is 292 g/mol. The lowest BCUT2D eigenvalue weighted by Gasteiger charge is -2.20. The summed E-state index contributed by atoms with van der Waals surface area (Å²) in [5.74, 6) is 1.48. The van der Waals surface area contributed by atoms with Crippen LogP contribution in [0.5, 0.6) is 0 Å². The molecular formula is C16H24N2OS. The Balaban J connectivity index is 1.74. The molecule has 1 heterocycles. The molecule has 2 rings (SSSR count). The number of carbonyl (C=O) groups is 1. The van der Waals surface area contributed by atoms with E-state index >= 15 is 0 Å². The van der Waals surface area contributed by atoms with Crippen LogP contribution in [-0.2, 0) is 4.79 Å². The first-order chi connectivity index (χ1) is 9.69. The summed E-state index contributed by atoms with van der Waals surface area (Å²) in [5, 5.41) is 0. The Hall–Kier alpha value is -1.00. The molecule has 0 bridgehead atoms. The molecule has 0 N–H and O–H groups in total. The van der Waals surface area contributed by atoms with Crippen molar-refractivity contribution < 1.29 is 4.79 Å². The predicted molar refractivity (Wildman–Crippen MR) is 85.0 cm³/mol. The van der Waals surface area contributed by atoms with Crippen LogP contribution in [0.2, 0.25) is 0 Å². The van der Waals surface area contributed by atoms with Crippen molar-refractivity contribution in [3.05, 3.63) is 30.3 Å². The van der Waals surface area contributed by atoms with Gasteiger partial charge in [0.2, 0.25) is 5.91 Å². The molecule has 1 fully saturated rings. The molecule has 0 saturated carbocycles. The lowest BCUT2D eigenvalue weighted by Crippen LogP contribution is -2.32. The largest absolute Gasteiger partial charge is 0.342 e. The molecule has 1 aliphatic rings. The maximum absolute atomic E-state index is 12.2. The van der Waals surface area contributed by atoms with E-state index in [9.17, 15) is 4.79 Å². The van der Waals surface area contributed by atoms with Gasteiger partial charge >= 0.3 is 0 Å². The molecule has 1 aromatic carbocycles. The highest BCUT2D eigenvalue weighted by molar-refractivity contribution is 8.00. The summed E-state index contributed by atoms with van der Waals surface area (Å²) in [6.45, 7) is 6.21. The third-order valence-corrected chi connectivity index (χ3v) is 4.85. The van der Waals surface area contributed by atoms with Gasteiger partial charge in [0.15, 0.2) is 0 Å². The average Bonchev–Trinajstić information content (AvgIpc) is 2.94. The Morgan fingerprint density at radius 1 is 1.40 bits per heavy atom. The van der Waals surface area contributed by atoms with Crippen LogP contribution in [0.1, 0.15) is 13.3 Å². The molecular weight excluding hydrogens is 268 g/mol. The topological polar surface area (TPSA) is 23.6 Å².